The predicted octanol–water partition coefficient (Wildman–Crippen LogP) is 2.41. The Morgan fingerprint density at radius 2 is 2.17 bits per heavy atom. The number of hydrogen-bond donors (Lipinski definition) is 1. The molecule has 0 heterocycles. The number of rotatable bonds is 2. The average molecular weight is 167 g/mol. The van der Waals surface area contributed by atoms with Gasteiger partial charge in [0.25, 0.3) is 0 Å². The van der Waals surface area contributed by atoms with Gasteiger partial charge in [-0.2, -0.15) is 0 Å². The lowest BCUT2D eigenvalue weighted by Crippen LogP contribution is -2.30. The molecule has 5 unspecified atom stereocenters. The summed E-state index contributed by atoms with van der Waals surface area (Å²) in [5.74, 6) is 3.99. The molecule has 2 saturated carbocycles. The summed E-state index contributed by atoms with van der Waals surface area (Å²) in [6.07, 6.45) is 5.71. The second-order valence-corrected chi connectivity index (χ2v) is 4.77. The van der Waals surface area contributed by atoms with Crippen molar-refractivity contribution in [2.45, 2.75) is 45.6 Å². The molecule has 2 N–H and O–H groups in total. The Balaban J connectivity index is 1.99. The molecule has 0 aromatic rings. The summed E-state index contributed by atoms with van der Waals surface area (Å²) in [5, 5.41) is 0. The Hall–Kier alpha value is -0.0400. The van der Waals surface area contributed by atoms with Crippen LogP contribution in [-0.4, -0.2) is 6.04 Å². The third kappa shape index (κ3) is 1.19. The topological polar surface area (TPSA) is 26.0 Å². The lowest BCUT2D eigenvalue weighted by Gasteiger charge is -2.24. The zero-order chi connectivity index (χ0) is 8.72. The van der Waals surface area contributed by atoms with Crippen molar-refractivity contribution >= 4 is 0 Å². The van der Waals surface area contributed by atoms with Crippen LogP contribution in [0.1, 0.15) is 39.5 Å². The van der Waals surface area contributed by atoms with Crippen molar-refractivity contribution in [2.24, 2.45) is 29.4 Å². The summed E-state index contributed by atoms with van der Waals surface area (Å²) in [4.78, 5) is 0. The van der Waals surface area contributed by atoms with E-state index in [0.717, 1.165) is 23.7 Å². The van der Waals surface area contributed by atoms with Crippen molar-refractivity contribution < 1.29 is 0 Å². The van der Waals surface area contributed by atoms with Gasteiger partial charge < -0.3 is 5.73 Å². The van der Waals surface area contributed by atoms with Crippen molar-refractivity contribution in [3.8, 4) is 0 Å². The zero-order valence-corrected chi connectivity index (χ0v) is 8.29. The molecule has 0 aromatic heterocycles. The highest BCUT2D eigenvalue weighted by atomic mass is 14.7. The van der Waals surface area contributed by atoms with E-state index in [2.05, 4.69) is 13.8 Å². The maximum Gasteiger partial charge on any atom is 0.00416 e. The highest BCUT2D eigenvalue weighted by Crippen LogP contribution is 2.59. The van der Waals surface area contributed by atoms with Crippen LogP contribution in [0.4, 0.5) is 0 Å². The molecule has 2 rings (SSSR count). The monoisotopic (exact) mass is 167 g/mol. The van der Waals surface area contributed by atoms with Gasteiger partial charge in [-0.3, -0.25) is 0 Å². The molecule has 0 radical (unpaired) electrons. The fourth-order valence-electron chi connectivity index (χ4n) is 3.49. The second kappa shape index (κ2) is 3.02. The third-order valence-corrected chi connectivity index (χ3v) is 4.11. The van der Waals surface area contributed by atoms with E-state index < -0.39 is 0 Å². The van der Waals surface area contributed by atoms with E-state index in [9.17, 15) is 0 Å². The van der Waals surface area contributed by atoms with E-state index in [0.29, 0.717) is 6.04 Å². The maximum absolute atomic E-state index is 6.00. The van der Waals surface area contributed by atoms with Gasteiger partial charge in [-0.05, 0) is 43.4 Å². The number of nitrogens with two attached hydrogens (primary N) is 1. The van der Waals surface area contributed by atoms with Crippen LogP contribution in [0, 0.1) is 23.7 Å². The molecule has 5 atom stereocenters. The molecule has 1 heteroatoms. The first-order chi connectivity index (χ1) is 5.75. The van der Waals surface area contributed by atoms with Gasteiger partial charge in [0.15, 0.2) is 0 Å². The summed E-state index contributed by atoms with van der Waals surface area (Å²) in [5.41, 5.74) is 6.00. The van der Waals surface area contributed by atoms with Crippen LogP contribution in [0.25, 0.3) is 0 Å². The average Bonchev–Trinajstić information content (AvgIpc) is 2.76. The lowest BCUT2D eigenvalue weighted by atomic mass is 9.84. The molecule has 70 valence electrons. The minimum Gasteiger partial charge on any atom is -0.328 e. The summed E-state index contributed by atoms with van der Waals surface area (Å²) in [6.45, 7) is 4.53. The molecule has 12 heavy (non-hydrogen) atoms. The Labute approximate surface area is 75.7 Å². The first-order valence-electron chi connectivity index (χ1n) is 5.51. The largest absolute Gasteiger partial charge is 0.328 e. The van der Waals surface area contributed by atoms with Crippen LogP contribution in [-0.2, 0) is 0 Å². The predicted molar refractivity (Wildman–Crippen MR) is 51.8 cm³/mol. The van der Waals surface area contributed by atoms with E-state index in [1.54, 1.807) is 0 Å². The molecule has 0 aromatic carbocycles. The Morgan fingerprint density at radius 1 is 1.42 bits per heavy atom. The van der Waals surface area contributed by atoms with Crippen LogP contribution in [0.2, 0.25) is 0 Å². The van der Waals surface area contributed by atoms with Crippen LogP contribution in [0.15, 0.2) is 0 Å². The van der Waals surface area contributed by atoms with Crippen LogP contribution in [0.5, 0.6) is 0 Å². The van der Waals surface area contributed by atoms with E-state index in [1.807, 2.05) is 0 Å². The van der Waals surface area contributed by atoms with Crippen LogP contribution in [0.3, 0.4) is 0 Å². The first-order valence-corrected chi connectivity index (χ1v) is 5.51. The van der Waals surface area contributed by atoms with Gasteiger partial charge >= 0.3 is 0 Å². The number of hydrogen-bond acceptors (Lipinski definition) is 1. The van der Waals surface area contributed by atoms with Gasteiger partial charge in [0.05, 0.1) is 0 Å². The second-order valence-electron chi connectivity index (χ2n) is 4.77. The quantitative estimate of drug-likeness (QED) is 0.671. The SMILES string of the molecule is CCC1C2CCCC(C(C)N)C12. The third-order valence-electron chi connectivity index (χ3n) is 4.11. The Morgan fingerprint density at radius 3 is 2.75 bits per heavy atom. The first kappa shape index (κ1) is 8.55. The zero-order valence-electron chi connectivity index (χ0n) is 8.29. The maximum atomic E-state index is 6.00. The highest BCUT2D eigenvalue weighted by molar-refractivity contribution is 5.03. The van der Waals surface area contributed by atoms with Crippen molar-refractivity contribution in [3.63, 3.8) is 0 Å². The molecule has 2 fully saturated rings. The molecule has 0 saturated heterocycles. The summed E-state index contributed by atoms with van der Waals surface area (Å²) in [7, 11) is 0. The van der Waals surface area contributed by atoms with Gasteiger partial charge in [0.2, 0.25) is 0 Å². The normalized spacial score (nSPS) is 48.2. The summed E-state index contributed by atoms with van der Waals surface area (Å²) in [6, 6.07) is 0.439. The molecule has 1 nitrogen and oxygen atoms in total. The minimum absolute atomic E-state index is 0.439. The molecule has 0 bridgehead atoms. The van der Waals surface area contributed by atoms with Crippen molar-refractivity contribution in [1.29, 1.82) is 0 Å². The van der Waals surface area contributed by atoms with Crippen LogP contribution >= 0.6 is 0 Å². The van der Waals surface area contributed by atoms with E-state index >= 15 is 0 Å². The molecule has 0 spiro atoms. The highest BCUT2D eigenvalue weighted by Gasteiger charge is 2.54. The van der Waals surface area contributed by atoms with E-state index in [1.165, 1.54) is 25.7 Å². The van der Waals surface area contributed by atoms with Gasteiger partial charge in [0, 0.05) is 6.04 Å². The van der Waals surface area contributed by atoms with Crippen molar-refractivity contribution in [2.75, 3.05) is 0 Å². The molecule has 0 amide bonds. The molecule has 0 aliphatic heterocycles. The molecular formula is C11H21N. The van der Waals surface area contributed by atoms with E-state index in [-0.39, 0.29) is 0 Å². The Kier molecular flexibility index (Phi) is 2.16. The fraction of sp³-hybridized carbons (Fsp3) is 1.00. The summed E-state index contributed by atoms with van der Waals surface area (Å²) >= 11 is 0. The molecule has 2 aliphatic rings. The van der Waals surface area contributed by atoms with Crippen molar-refractivity contribution in [3.05, 3.63) is 0 Å². The molecular weight excluding hydrogens is 146 g/mol. The smallest absolute Gasteiger partial charge is 0.00416 e. The van der Waals surface area contributed by atoms with E-state index in [4.69, 9.17) is 5.73 Å². The molecule has 2 aliphatic carbocycles. The number of fused-ring (bicyclic) bond motifs is 1. The van der Waals surface area contributed by atoms with Gasteiger partial charge in [-0.15, -0.1) is 0 Å². The van der Waals surface area contributed by atoms with Gasteiger partial charge in [0.1, 0.15) is 0 Å². The fourth-order valence-corrected chi connectivity index (χ4v) is 3.49. The van der Waals surface area contributed by atoms with Gasteiger partial charge in [-0.25, -0.2) is 0 Å². The van der Waals surface area contributed by atoms with Crippen LogP contribution < -0.4 is 5.73 Å². The standard InChI is InChI=1S/C11H21N/c1-3-8-10-6-4-5-9(7(2)12)11(8)10/h7-11H,3-6,12H2,1-2H3. The Bertz CT molecular complexity index is 160. The minimum atomic E-state index is 0.439. The summed E-state index contributed by atoms with van der Waals surface area (Å²) < 4.78 is 0. The van der Waals surface area contributed by atoms with Gasteiger partial charge in [-0.1, -0.05) is 19.8 Å². The van der Waals surface area contributed by atoms with Crippen molar-refractivity contribution in [1.82, 2.24) is 0 Å². The lowest BCUT2D eigenvalue weighted by molar-refractivity contribution is 0.292.